The predicted molar refractivity (Wildman–Crippen MR) is 82.5 cm³/mol. The van der Waals surface area contributed by atoms with E-state index in [1.165, 1.54) is 38.2 Å². The van der Waals surface area contributed by atoms with Gasteiger partial charge in [0.15, 0.2) is 0 Å². The standard InChI is InChI=1S/C15H21ClN2O2/c1-10-8-15(18(19)20)13(16)9-14(10)17-11(2)12-6-4-3-5-7-12/h8-9,11-12,17H,3-7H2,1-2H3. The molecule has 0 heterocycles. The van der Waals surface area contributed by atoms with Gasteiger partial charge in [0.05, 0.1) is 4.92 Å². The third-order valence-corrected chi connectivity index (χ3v) is 4.53. The number of nitrogens with zero attached hydrogens (tertiary/aromatic N) is 1. The second-order valence-corrected chi connectivity index (χ2v) is 6.11. The highest BCUT2D eigenvalue weighted by molar-refractivity contribution is 6.33. The third kappa shape index (κ3) is 3.42. The van der Waals surface area contributed by atoms with Crippen molar-refractivity contribution >= 4 is 23.0 Å². The Balaban J connectivity index is 2.12. The summed E-state index contributed by atoms with van der Waals surface area (Å²) >= 11 is 5.98. The molecule has 0 aromatic heterocycles. The molecule has 2 rings (SSSR count). The van der Waals surface area contributed by atoms with Crippen molar-refractivity contribution in [2.75, 3.05) is 5.32 Å². The molecule has 1 aromatic rings. The second kappa shape index (κ2) is 6.44. The minimum atomic E-state index is -0.441. The van der Waals surface area contributed by atoms with Gasteiger partial charge in [0.25, 0.3) is 5.69 Å². The molecule has 0 spiro atoms. The highest BCUT2D eigenvalue weighted by Crippen LogP contribution is 2.33. The van der Waals surface area contributed by atoms with E-state index in [0.29, 0.717) is 12.0 Å². The Morgan fingerprint density at radius 2 is 2.00 bits per heavy atom. The first-order chi connectivity index (χ1) is 9.49. The largest absolute Gasteiger partial charge is 0.382 e. The van der Waals surface area contributed by atoms with E-state index in [2.05, 4.69) is 12.2 Å². The van der Waals surface area contributed by atoms with E-state index in [4.69, 9.17) is 11.6 Å². The van der Waals surface area contributed by atoms with Crippen molar-refractivity contribution in [3.63, 3.8) is 0 Å². The molecule has 1 saturated carbocycles. The number of aryl methyl sites for hydroxylation is 1. The number of nitrogens with one attached hydrogen (secondary N) is 1. The molecule has 110 valence electrons. The van der Waals surface area contributed by atoms with Crippen LogP contribution in [0.2, 0.25) is 5.02 Å². The minimum absolute atomic E-state index is 0.0277. The van der Waals surface area contributed by atoms with Crippen molar-refractivity contribution in [1.82, 2.24) is 0 Å². The summed E-state index contributed by atoms with van der Waals surface area (Å²) in [7, 11) is 0. The summed E-state index contributed by atoms with van der Waals surface area (Å²) in [6, 6.07) is 3.58. The summed E-state index contributed by atoms with van der Waals surface area (Å²) in [5.74, 6) is 0.678. The van der Waals surface area contributed by atoms with E-state index in [-0.39, 0.29) is 10.7 Å². The van der Waals surface area contributed by atoms with Crippen LogP contribution in [0.5, 0.6) is 0 Å². The fraction of sp³-hybridized carbons (Fsp3) is 0.600. The maximum Gasteiger partial charge on any atom is 0.288 e. The molecule has 1 atom stereocenters. The van der Waals surface area contributed by atoms with Gasteiger partial charge in [-0.15, -0.1) is 0 Å². The smallest absolute Gasteiger partial charge is 0.288 e. The first-order valence-corrected chi connectivity index (χ1v) is 7.58. The van der Waals surface area contributed by atoms with Crippen LogP contribution in [0, 0.1) is 23.0 Å². The average molecular weight is 297 g/mol. The monoisotopic (exact) mass is 296 g/mol. The highest BCUT2D eigenvalue weighted by Gasteiger charge is 2.21. The van der Waals surface area contributed by atoms with Crippen LogP contribution in [0.15, 0.2) is 12.1 Å². The molecule has 4 nitrogen and oxygen atoms in total. The van der Waals surface area contributed by atoms with Gasteiger partial charge in [-0.3, -0.25) is 10.1 Å². The molecule has 1 aliphatic carbocycles. The van der Waals surface area contributed by atoms with E-state index < -0.39 is 4.92 Å². The van der Waals surface area contributed by atoms with Gasteiger partial charge < -0.3 is 5.32 Å². The Morgan fingerprint density at radius 1 is 1.35 bits per heavy atom. The van der Waals surface area contributed by atoms with Gasteiger partial charge in [-0.1, -0.05) is 30.9 Å². The Bertz CT molecular complexity index is 499. The van der Waals surface area contributed by atoms with Gasteiger partial charge in [0.1, 0.15) is 5.02 Å². The zero-order valence-corrected chi connectivity index (χ0v) is 12.7. The van der Waals surface area contributed by atoms with Crippen molar-refractivity contribution in [1.29, 1.82) is 0 Å². The summed E-state index contributed by atoms with van der Waals surface area (Å²) in [5, 5.41) is 14.5. The lowest BCUT2D eigenvalue weighted by Crippen LogP contribution is -2.28. The van der Waals surface area contributed by atoms with Crippen molar-refractivity contribution in [2.45, 2.75) is 52.0 Å². The highest BCUT2D eigenvalue weighted by atomic mass is 35.5. The number of rotatable bonds is 4. The molecule has 1 N–H and O–H groups in total. The van der Waals surface area contributed by atoms with Crippen LogP contribution in [0.1, 0.15) is 44.6 Å². The van der Waals surface area contributed by atoms with Gasteiger partial charge in [0.2, 0.25) is 0 Å². The topological polar surface area (TPSA) is 55.2 Å². The Hall–Kier alpha value is -1.29. The zero-order valence-electron chi connectivity index (χ0n) is 12.0. The fourth-order valence-corrected chi connectivity index (χ4v) is 3.19. The molecule has 1 unspecified atom stereocenters. The number of hydrogen-bond acceptors (Lipinski definition) is 3. The maximum atomic E-state index is 10.9. The molecule has 0 aliphatic heterocycles. The second-order valence-electron chi connectivity index (χ2n) is 5.71. The molecule has 20 heavy (non-hydrogen) atoms. The number of anilines is 1. The Labute approximate surface area is 124 Å². The summed E-state index contributed by atoms with van der Waals surface area (Å²) in [6.45, 7) is 4.06. The van der Waals surface area contributed by atoms with Crippen LogP contribution >= 0.6 is 11.6 Å². The molecule has 0 saturated heterocycles. The van der Waals surface area contributed by atoms with Crippen LogP contribution in [-0.2, 0) is 0 Å². The lowest BCUT2D eigenvalue weighted by Gasteiger charge is -2.29. The molecular weight excluding hydrogens is 276 g/mol. The van der Waals surface area contributed by atoms with E-state index in [9.17, 15) is 10.1 Å². The molecule has 1 aromatic carbocycles. The van der Waals surface area contributed by atoms with Crippen molar-refractivity contribution in [3.05, 3.63) is 32.8 Å². The van der Waals surface area contributed by atoms with Crippen LogP contribution in [-0.4, -0.2) is 11.0 Å². The zero-order chi connectivity index (χ0) is 14.7. The number of hydrogen-bond donors (Lipinski definition) is 1. The third-order valence-electron chi connectivity index (χ3n) is 4.23. The minimum Gasteiger partial charge on any atom is -0.382 e. The average Bonchev–Trinajstić information content (AvgIpc) is 2.43. The SMILES string of the molecule is Cc1cc([N+](=O)[O-])c(Cl)cc1NC(C)C1CCCCC1. The number of halogens is 1. The summed E-state index contributed by atoms with van der Waals surface area (Å²) < 4.78 is 0. The Morgan fingerprint density at radius 3 is 2.60 bits per heavy atom. The summed E-state index contributed by atoms with van der Waals surface area (Å²) in [4.78, 5) is 10.4. The van der Waals surface area contributed by atoms with E-state index in [0.717, 1.165) is 11.3 Å². The molecule has 5 heteroatoms. The van der Waals surface area contributed by atoms with Gasteiger partial charge in [-0.05, 0) is 44.2 Å². The van der Waals surface area contributed by atoms with Crippen LogP contribution < -0.4 is 5.32 Å². The lowest BCUT2D eigenvalue weighted by molar-refractivity contribution is -0.384. The van der Waals surface area contributed by atoms with Crippen LogP contribution in [0.3, 0.4) is 0 Å². The van der Waals surface area contributed by atoms with Gasteiger partial charge >= 0.3 is 0 Å². The van der Waals surface area contributed by atoms with Crippen molar-refractivity contribution < 1.29 is 4.92 Å². The quantitative estimate of drug-likeness (QED) is 0.632. The Kier molecular flexibility index (Phi) is 4.86. The van der Waals surface area contributed by atoms with Crippen molar-refractivity contribution in [3.8, 4) is 0 Å². The molecule has 0 amide bonds. The lowest BCUT2D eigenvalue weighted by atomic mass is 9.84. The molecular formula is C15H21ClN2O2. The summed E-state index contributed by atoms with van der Waals surface area (Å²) in [5.41, 5.74) is 1.74. The molecule has 1 fully saturated rings. The number of nitro benzene ring substituents is 1. The van der Waals surface area contributed by atoms with E-state index in [1.807, 2.05) is 6.92 Å². The van der Waals surface area contributed by atoms with Gasteiger partial charge in [-0.25, -0.2) is 0 Å². The van der Waals surface area contributed by atoms with E-state index in [1.54, 1.807) is 6.07 Å². The number of benzene rings is 1. The fourth-order valence-electron chi connectivity index (χ4n) is 2.96. The van der Waals surface area contributed by atoms with E-state index >= 15 is 0 Å². The summed E-state index contributed by atoms with van der Waals surface area (Å²) in [6.07, 6.45) is 6.46. The van der Waals surface area contributed by atoms with Crippen LogP contribution in [0.4, 0.5) is 11.4 Å². The first kappa shape index (κ1) is 15.1. The van der Waals surface area contributed by atoms with Crippen molar-refractivity contribution in [2.24, 2.45) is 5.92 Å². The number of nitro groups is 1. The normalized spacial score (nSPS) is 17.8. The molecule has 0 radical (unpaired) electrons. The molecule has 0 bridgehead atoms. The van der Waals surface area contributed by atoms with Gasteiger partial charge in [0, 0.05) is 17.8 Å². The van der Waals surface area contributed by atoms with Gasteiger partial charge in [-0.2, -0.15) is 0 Å². The molecule has 1 aliphatic rings. The first-order valence-electron chi connectivity index (χ1n) is 7.20. The predicted octanol–water partition coefficient (Wildman–Crippen LogP) is 4.94. The van der Waals surface area contributed by atoms with Crippen LogP contribution in [0.25, 0.3) is 0 Å². The maximum absolute atomic E-state index is 10.9.